The number of carbonyl (C=O) groups excluding carboxylic acids is 1. The van der Waals surface area contributed by atoms with E-state index in [1.807, 2.05) is 30.3 Å². The van der Waals surface area contributed by atoms with Crippen LogP contribution < -0.4 is 4.90 Å². The van der Waals surface area contributed by atoms with Crippen LogP contribution >= 0.6 is 39.9 Å². The van der Waals surface area contributed by atoms with Crippen LogP contribution in [-0.4, -0.2) is 10.2 Å². The van der Waals surface area contributed by atoms with Gasteiger partial charge in [-0.2, -0.15) is 0 Å². The van der Waals surface area contributed by atoms with Crippen LogP contribution in [0.1, 0.15) is 5.76 Å². The molecule has 1 saturated heterocycles. The van der Waals surface area contributed by atoms with Crippen LogP contribution in [0.15, 0.2) is 56.5 Å². The lowest BCUT2D eigenvalue weighted by Crippen LogP contribution is -2.26. The van der Waals surface area contributed by atoms with Crippen molar-refractivity contribution in [3.8, 4) is 0 Å². The first-order chi connectivity index (χ1) is 9.66. The predicted molar refractivity (Wildman–Crippen MR) is 88.9 cm³/mol. The molecule has 0 radical (unpaired) electrons. The first kappa shape index (κ1) is 13.6. The van der Waals surface area contributed by atoms with Gasteiger partial charge in [-0.1, -0.05) is 24.4 Å². The molecule has 6 heteroatoms. The average Bonchev–Trinajstić information content (AvgIpc) is 3.01. The van der Waals surface area contributed by atoms with Crippen molar-refractivity contribution in [3.63, 3.8) is 0 Å². The minimum Gasteiger partial charge on any atom is -0.465 e. The molecule has 1 fully saturated rings. The van der Waals surface area contributed by atoms with E-state index in [9.17, 15) is 4.79 Å². The number of rotatable bonds is 2. The lowest BCUT2D eigenvalue weighted by atomic mass is 10.3. The maximum absolute atomic E-state index is 12.2. The number of carbonyl (C=O) groups is 1. The van der Waals surface area contributed by atoms with Crippen LogP contribution in [0.25, 0.3) is 6.08 Å². The molecule has 0 atom stereocenters. The third-order valence-electron chi connectivity index (χ3n) is 2.70. The van der Waals surface area contributed by atoms with Crippen molar-refractivity contribution >= 4 is 61.9 Å². The summed E-state index contributed by atoms with van der Waals surface area (Å²) in [6.45, 7) is 0. The van der Waals surface area contributed by atoms with Crippen molar-refractivity contribution in [2.45, 2.75) is 0 Å². The largest absolute Gasteiger partial charge is 0.465 e. The number of para-hydroxylation sites is 1. The van der Waals surface area contributed by atoms with Gasteiger partial charge in [-0.3, -0.25) is 9.69 Å². The van der Waals surface area contributed by atoms with Gasteiger partial charge in [-0.05, 0) is 58.0 Å². The SMILES string of the molecule is O=C1S/C(=C/c2ccco2)C(=S)N1c1ccccc1Br. The summed E-state index contributed by atoms with van der Waals surface area (Å²) in [7, 11) is 0. The Bertz CT molecular complexity index is 710. The normalized spacial score (nSPS) is 17.2. The summed E-state index contributed by atoms with van der Waals surface area (Å²) < 4.78 is 6.08. The van der Waals surface area contributed by atoms with Crippen molar-refractivity contribution in [2.24, 2.45) is 0 Å². The number of anilines is 1. The molecule has 2 heterocycles. The standard InChI is InChI=1S/C14H8BrNO2S2/c15-10-5-1-2-6-11(10)16-13(19)12(20-14(16)17)8-9-4-3-7-18-9/h1-8H/b12-8+. The highest BCUT2D eigenvalue weighted by atomic mass is 79.9. The molecule has 1 aliphatic heterocycles. The molecule has 100 valence electrons. The molecule has 0 aliphatic carbocycles. The highest BCUT2D eigenvalue weighted by molar-refractivity contribution is 9.10. The fourth-order valence-electron chi connectivity index (χ4n) is 1.81. The topological polar surface area (TPSA) is 33.5 Å². The van der Waals surface area contributed by atoms with E-state index in [2.05, 4.69) is 15.9 Å². The molecular formula is C14H8BrNO2S2. The average molecular weight is 366 g/mol. The maximum Gasteiger partial charge on any atom is 0.296 e. The number of thiocarbonyl (C=S) groups is 1. The van der Waals surface area contributed by atoms with E-state index >= 15 is 0 Å². The van der Waals surface area contributed by atoms with Crippen molar-refractivity contribution in [2.75, 3.05) is 4.90 Å². The first-order valence-corrected chi connectivity index (χ1v) is 7.74. The van der Waals surface area contributed by atoms with Crippen LogP contribution in [0, 0.1) is 0 Å². The van der Waals surface area contributed by atoms with Gasteiger partial charge in [-0.25, -0.2) is 0 Å². The van der Waals surface area contributed by atoms with E-state index < -0.39 is 0 Å². The highest BCUT2D eigenvalue weighted by Crippen LogP contribution is 2.39. The van der Waals surface area contributed by atoms with Gasteiger partial charge in [0.2, 0.25) is 0 Å². The van der Waals surface area contributed by atoms with Gasteiger partial charge < -0.3 is 4.42 Å². The Kier molecular flexibility index (Phi) is 3.78. The Balaban J connectivity index is 1.98. The third-order valence-corrected chi connectivity index (χ3v) is 4.79. The Morgan fingerprint density at radius 1 is 1.25 bits per heavy atom. The Morgan fingerprint density at radius 3 is 2.75 bits per heavy atom. The van der Waals surface area contributed by atoms with E-state index in [1.165, 1.54) is 4.90 Å². The van der Waals surface area contributed by atoms with E-state index in [0.717, 1.165) is 26.8 Å². The van der Waals surface area contributed by atoms with Gasteiger partial charge >= 0.3 is 0 Å². The van der Waals surface area contributed by atoms with E-state index in [1.54, 1.807) is 18.4 Å². The number of furan rings is 1. The molecule has 1 aromatic heterocycles. The Labute approximate surface area is 133 Å². The molecule has 0 saturated carbocycles. The zero-order valence-electron chi connectivity index (χ0n) is 10.1. The lowest BCUT2D eigenvalue weighted by Gasteiger charge is -2.16. The highest BCUT2D eigenvalue weighted by Gasteiger charge is 2.34. The van der Waals surface area contributed by atoms with E-state index in [4.69, 9.17) is 16.6 Å². The summed E-state index contributed by atoms with van der Waals surface area (Å²) in [4.78, 5) is 14.9. The van der Waals surface area contributed by atoms with E-state index in [-0.39, 0.29) is 5.24 Å². The fraction of sp³-hybridized carbons (Fsp3) is 0. The second kappa shape index (κ2) is 5.55. The molecule has 2 aromatic rings. The van der Waals surface area contributed by atoms with Gasteiger partial charge in [0.15, 0.2) is 0 Å². The van der Waals surface area contributed by atoms with Crippen LogP contribution in [0.4, 0.5) is 10.5 Å². The lowest BCUT2D eigenvalue weighted by molar-refractivity contribution is 0.268. The maximum atomic E-state index is 12.2. The van der Waals surface area contributed by atoms with Gasteiger partial charge in [0.25, 0.3) is 5.24 Å². The van der Waals surface area contributed by atoms with Crippen molar-refractivity contribution < 1.29 is 9.21 Å². The van der Waals surface area contributed by atoms with Gasteiger partial charge in [0, 0.05) is 4.47 Å². The molecule has 3 nitrogen and oxygen atoms in total. The van der Waals surface area contributed by atoms with Gasteiger partial charge in [-0.15, -0.1) is 0 Å². The second-order valence-corrected chi connectivity index (χ2v) is 6.22. The number of halogens is 1. The molecule has 1 aliphatic rings. The van der Waals surface area contributed by atoms with Crippen LogP contribution in [0.5, 0.6) is 0 Å². The van der Waals surface area contributed by atoms with E-state index in [0.29, 0.717) is 10.7 Å². The minimum atomic E-state index is -0.111. The Hall–Kier alpha value is -1.37. The molecule has 20 heavy (non-hydrogen) atoms. The van der Waals surface area contributed by atoms with Gasteiger partial charge in [0.1, 0.15) is 10.7 Å². The van der Waals surface area contributed by atoms with Crippen LogP contribution in [0.2, 0.25) is 0 Å². The molecule has 3 rings (SSSR count). The molecule has 1 amide bonds. The number of thioether (sulfide) groups is 1. The number of amides is 1. The molecule has 0 unspecified atom stereocenters. The summed E-state index contributed by atoms with van der Waals surface area (Å²) in [6.07, 6.45) is 3.37. The molecule has 0 N–H and O–H groups in total. The number of nitrogens with zero attached hydrogens (tertiary/aromatic N) is 1. The smallest absolute Gasteiger partial charge is 0.296 e. The number of benzene rings is 1. The number of hydrogen-bond acceptors (Lipinski definition) is 4. The minimum absolute atomic E-state index is 0.111. The van der Waals surface area contributed by atoms with Crippen molar-refractivity contribution in [3.05, 3.63) is 57.8 Å². The van der Waals surface area contributed by atoms with Crippen LogP contribution in [0.3, 0.4) is 0 Å². The first-order valence-electron chi connectivity index (χ1n) is 5.73. The monoisotopic (exact) mass is 365 g/mol. The molecular weight excluding hydrogens is 358 g/mol. The Morgan fingerprint density at radius 2 is 2.05 bits per heavy atom. The zero-order chi connectivity index (χ0) is 14.1. The quantitative estimate of drug-likeness (QED) is 0.548. The van der Waals surface area contributed by atoms with Gasteiger partial charge in [0.05, 0.1) is 16.9 Å². The predicted octanol–water partition coefficient (Wildman–Crippen LogP) is 5.08. The fourth-order valence-corrected chi connectivity index (χ4v) is 3.52. The summed E-state index contributed by atoms with van der Waals surface area (Å²) in [6, 6.07) is 11.1. The van der Waals surface area contributed by atoms with Crippen molar-refractivity contribution in [1.29, 1.82) is 0 Å². The molecule has 0 spiro atoms. The zero-order valence-corrected chi connectivity index (χ0v) is 13.3. The molecule has 1 aromatic carbocycles. The summed E-state index contributed by atoms with van der Waals surface area (Å²) in [5, 5.41) is -0.111. The van der Waals surface area contributed by atoms with Crippen molar-refractivity contribution in [1.82, 2.24) is 0 Å². The second-order valence-electron chi connectivity index (χ2n) is 3.98. The summed E-state index contributed by atoms with van der Waals surface area (Å²) in [5.74, 6) is 0.677. The van der Waals surface area contributed by atoms with Crippen LogP contribution in [-0.2, 0) is 0 Å². The third kappa shape index (κ3) is 2.46. The summed E-state index contributed by atoms with van der Waals surface area (Å²) >= 11 is 9.96. The summed E-state index contributed by atoms with van der Waals surface area (Å²) in [5.41, 5.74) is 0.748. The molecule has 0 bridgehead atoms. The number of hydrogen-bond donors (Lipinski definition) is 0.